The van der Waals surface area contributed by atoms with E-state index in [1.165, 1.54) is 18.4 Å². The third-order valence-electron chi connectivity index (χ3n) is 3.97. The Morgan fingerprint density at radius 2 is 1.92 bits per heavy atom. The first-order valence-corrected chi connectivity index (χ1v) is 8.60. The van der Waals surface area contributed by atoms with Crippen LogP contribution in [0.4, 0.5) is 5.69 Å². The van der Waals surface area contributed by atoms with E-state index in [1.54, 1.807) is 36.2 Å². The molecule has 0 bridgehead atoms. The van der Waals surface area contributed by atoms with Crippen LogP contribution in [0.3, 0.4) is 0 Å². The molecule has 6 nitrogen and oxygen atoms in total. The molecule has 3 rings (SSSR count). The summed E-state index contributed by atoms with van der Waals surface area (Å²) in [6, 6.07) is 10.5. The molecular formula is C18H18N2O4S. The largest absolute Gasteiger partial charge is 0.495 e. The van der Waals surface area contributed by atoms with Crippen molar-refractivity contribution < 1.29 is 19.4 Å². The number of para-hydroxylation sites is 2. The highest BCUT2D eigenvalue weighted by Gasteiger charge is 2.43. The van der Waals surface area contributed by atoms with E-state index in [1.807, 2.05) is 17.5 Å². The van der Waals surface area contributed by atoms with Crippen molar-refractivity contribution in [1.29, 1.82) is 0 Å². The molecule has 1 aromatic heterocycles. The first-order chi connectivity index (χ1) is 12.1. The lowest BCUT2D eigenvalue weighted by atomic mass is 10.2. The molecule has 0 spiro atoms. The lowest BCUT2D eigenvalue weighted by molar-refractivity contribution is -0.120. The Labute approximate surface area is 149 Å². The van der Waals surface area contributed by atoms with Gasteiger partial charge in [-0.1, -0.05) is 18.2 Å². The van der Waals surface area contributed by atoms with Gasteiger partial charge in [-0.15, -0.1) is 11.3 Å². The Balaban J connectivity index is 2.13. The number of amides is 2. The van der Waals surface area contributed by atoms with Gasteiger partial charge >= 0.3 is 0 Å². The van der Waals surface area contributed by atoms with Crippen molar-refractivity contribution in [1.82, 2.24) is 4.90 Å². The predicted octanol–water partition coefficient (Wildman–Crippen LogP) is 1.97. The van der Waals surface area contributed by atoms with Crippen molar-refractivity contribution in [3.05, 3.63) is 52.4 Å². The summed E-state index contributed by atoms with van der Waals surface area (Å²) in [4.78, 5) is 29.7. The fourth-order valence-electron chi connectivity index (χ4n) is 2.81. The van der Waals surface area contributed by atoms with Crippen LogP contribution in [0, 0.1) is 0 Å². The third-order valence-corrected chi connectivity index (χ3v) is 4.86. The molecule has 0 radical (unpaired) electrons. The maximum absolute atomic E-state index is 13.1. The van der Waals surface area contributed by atoms with Crippen LogP contribution in [0.5, 0.6) is 5.75 Å². The van der Waals surface area contributed by atoms with Gasteiger partial charge in [0, 0.05) is 18.5 Å². The maximum atomic E-state index is 13.1. The van der Waals surface area contributed by atoms with Crippen molar-refractivity contribution in [2.45, 2.75) is 0 Å². The predicted molar refractivity (Wildman–Crippen MR) is 96.4 cm³/mol. The van der Waals surface area contributed by atoms with Gasteiger partial charge in [0.25, 0.3) is 11.8 Å². The average molecular weight is 358 g/mol. The van der Waals surface area contributed by atoms with E-state index in [4.69, 9.17) is 4.74 Å². The zero-order valence-corrected chi connectivity index (χ0v) is 14.7. The number of rotatable bonds is 6. The molecule has 25 heavy (non-hydrogen) atoms. The quantitative estimate of drug-likeness (QED) is 0.800. The third kappa shape index (κ3) is 2.92. The second kappa shape index (κ2) is 7.08. The maximum Gasteiger partial charge on any atom is 0.282 e. The van der Waals surface area contributed by atoms with Gasteiger partial charge in [-0.2, -0.15) is 0 Å². The molecule has 1 aromatic carbocycles. The Morgan fingerprint density at radius 3 is 2.56 bits per heavy atom. The molecule has 130 valence electrons. The molecule has 1 aliphatic rings. The number of nitrogens with zero attached hydrogens (tertiary/aromatic N) is 2. The summed E-state index contributed by atoms with van der Waals surface area (Å²) >= 11 is 1.39. The molecule has 2 aromatic rings. The van der Waals surface area contributed by atoms with Crippen LogP contribution in [0.1, 0.15) is 4.88 Å². The zero-order chi connectivity index (χ0) is 18.0. The second-order valence-electron chi connectivity index (χ2n) is 5.46. The average Bonchev–Trinajstić information content (AvgIpc) is 3.21. The molecule has 2 heterocycles. The summed E-state index contributed by atoms with van der Waals surface area (Å²) in [7, 11) is 3.19. The van der Waals surface area contributed by atoms with Crippen LogP contribution in [-0.4, -0.2) is 49.1 Å². The minimum absolute atomic E-state index is 0.117. The van der Waals surface area contributed by atoms with E-state index >= 15 is 0 Å². The number of hydrogen-bond donors (Lipinski definition) is 1. The number of benzene rings is 1. The Hall–Kier alpha value is -2.64. The van der Waals surface area contributed by atoms with Crippen molar-refractivity contribution in [3.63, 3.8) is 0 Å². The van der Waals surface area contributed by atoms with Crippen LogP contribution in [0.15, 0.2) is 47.5 Å². The summed E-state index contributed by atoms with van der Waals surface area (Å²) in [5.41, 5.74) is 1.04. The van der Waals surface area contributed by atoms with Crippen molar-refractivity contribution >= 4 is 34.4 Å². The molecule has 0 saturated carbocycles. The number of aliphatic hydroxyl groups excluding tert-OH is 1. The lowest BCUT2D eigenvalue weighted by Crippen LogP contribution is -2.35. The fourth-order valence-corrected chi connectivity index (χ4v) is 3.57. The topological polar surface area (TPSA) is 70.1 Å². The number of thiophene rings is 1. The number of likely N-dealkylation sites (N-methyl/N-ethyl adjacent to an activating group) is 1. The fraction of sp³-hybridized carbons (Fsp3) is 0.222. The van der Waals surface area contributed by atoms with Gasteiger partial charge in [0.2, 0.25) is 0 Å². The molecule has 2 amide bonds. The van der Waals surface area contributed by atoms with Crippen LogP contribution in [0.2, 0.25) is 0 Å². The van der Waals surface area contributed by atoms with E-state index in [0.717, 1.165) is 9.78 Å². The van der Waals surface area contributed by atoms with Crippen LogP contribution >= 0.6 is 11.3 Å². The Morgan fingerprint density at radius 1 is 1.16 bits per heavy atom. The number of carbonyl (C=O) groups is 2. The Bertz CT molecular complexity index is 829. The van der Waals surface area contributed by atoms with Crippen LogP contribution < -0.4 is 9.64 Å². The summed E-state index contributed by atoms with van der Waals surface area (Å²) in [6.07, 6.45) is 0. The highest BCUT2D eigenvalue weighted by atomic mass is 32.1. The smallest absolute Gasteiger partial charge is 0.282 e. The normalized spacial score (nSPS) is 14.4. The van der Waals surface area contributed by atoms with E-state index in [9.17, 15) is 14.7 Å². The van der Waals surface area contributed by atoms with Gasteiger partial charge in [0.1, 0.15) is 11.4 Å². The summed E-state index contributed by atoms with van der Waals surface area (Å²) < 4.78 is 5.31. The number of methoxy groups -OCH3 is 1. The number of aliphatic hydroxyl groups is 1. The first-order valence-electron chi connectivity index (χ1n) is 7.72. The van der Waals surface area contributed by atoms with Gasteiger partial charge in [-0.05, 0) is 23.6 Å². The summed E-state index contributed by atoms with van der Waals surface area (Å²) in [5, 5.41) is 11.1. The monoisotopic (exact) mass is 358 g/mol. The molecule has 0 aliphatic carbocycles. The van der Waals surface area contributed by atoms with Crippen LogP contribution in [-0.2, 0) is 9.59 Å². The summed E-state index contributed by atoms with van der Waals surface area (Å²) in [5.74, 6) is -0.369. The zero-order valence-electron chi connectivity index (χ0n) is 13.9. The van der Waals surface area contributed by atoms with Gasteiger partial charge in [0.15, 0.2) is 0 Å². The number of imide groups is 1. The van der Waals surface area contributed by atoms with E-state index in [0.29, 0.717) is 17.0 Å². The van der Waals surface area contributed by atoms with Crippen molar-refractivity contribution in [3.8, 4) is 5.75 Å². The molecule has 0 atom stereocenters. The lowest BCUT2D eigenvalue weighted by Gasteiger charge is -2.21. The number of hydrogen-bond acceptors (Lipinski definition) is 6. The van der Waals surface area contributed by atoms with E-state index in [-0.39, 0.29) is 18.8 Å². The minimum atomic E-state index is -0.422. The SMILES string of the molecule is COc1ccccc1N1C(=O)C(c2cccs2)=C(N(C)CCO)C1=O. The molecule has 7 heteroatoms. The number of carbonyl (C=O) groups excluding carboxylic acids is 2. The molecule has 0 fully saturated rings. The molecule has 1 N–H and O–H groups in total. The van der Waals surface area contributed by atoms with Gasteiger partial charge in [-0.3, -0.25) is 9.59 Å². The molecular weight excluding hydrogens is 340 g/mol. The van der Waals surface area contributed by atoms with Crippen molar-refractivity contribution in [2.75, 3.05) is 32.2 Å². The second-order valence-corrected chi connectivity index (χ2v) is 6.41. The standard InChI is InChI=1S/C18H18N2O4S/c1-19(9-10-21)16-15(14-8-5-11-25-14)17(22)20(18(16)23)12-6-3-4-7-13(12)24-2/h3-8,11,21H,9-10H2,1-2H3. The molecule has 0 unspecified atom stereocenters. The molecule has 0 saturated heterocycles. The van der Waals surface area contributed by atoms with Gasteiger partial charge < -0.3 is 14.7 Å². The van der Waals surface area contributed by atoms with Gasteiger partial charge in [-0.25, -0.2) is 4.90 Å². The molecule has 1 aliphatic heterocycles. The van der Waals surface area contributed by atoms with E-state index < -0.39 is 11.8 Å². The van der Waals surface area contributed by atoms with Crippen LogP contribution in [0.25, 0.3) is 5.57 Å². The highest BCUT2D eigenvalue weighted by Crippen LogP contribution is 2.39. The first kappa shape index (κ1) is 17.2. The highest BCUT2D eigenvalue weighted by molar-refractivity contribution is 7.11. The summed E-state index contributed by atoms with van der Waals surface area (Å²) in [6.45, 7) is 0.136. The number of ether oxygens (including phenoxy) is 1. The minimum Gasteiger partial charge on any atom is -0.495 e. The van der Waals surface area contributed by atoms with Gasteiger partial charge in [0.05, 0.1) is 25.0 Å². The Kier molecular flexibility index (Phi) is 4.87. The van der Waals surface area contributed by atoms with E-state index in [2.05, 4.69) is 0 Å². The van der Waals surface area contributed by atoms with Crippen molar-refractivity contribution in [2.24, 2.45) is 0 Å². The number of anilines is 1.